The molecule has 3 aromatic carbocycles. The van der Waals surface area contributed by atoms with Gasteiger partial charge in [0.05, 0.1) is 21.7 Å². The summed E-state index contributed by atoms with van der Waals surface area (Å²) in [6, 6.07) is 19.9. The first kappa shape index (κ1) is 28.7. The summed E-state index contributed by atoms with van der Waals surface area (Å²) in [7, 11) is -10.4. The zero-order valence-corrected chi connectivity index (χ0v) is 23.7. The molecule has 0 saturated carbocycles. The van der Waals surface area contributed by atoms with E-state index in [0.717, 1.165) is 19.2 Å². The summed E-state index contributed by atoms with van der Waals surface area (Å²) in [6.07, 6.45) is 1.04. The molecule has 0 bridgehead atoms. The maximum atomic E-state index is 13.6. The summed E-state index contributed by atoms with van der Waals surface area (Å²) in [5.41, 5.74) is 0.495. The van der Waals surface area contributed by atoms with Crippen LogP contribution in [0.4, 0.5) is 11.4 Å². The lowest BCUT2D eigenvalue weighted by Crippen LogP contribution is -2.60. The number of hydrogen-bond donors (Lipinski definition) is 1. The van der Waals surface area contributed by atoms with Crippen molar-refractivity contribution in [1.29, 1.82) is 0 Å². The molecule has 1 fully saturated rings. The van der Waals surface area contributed by atoms with E-state index in [1.165, 1.54) is 55.6 Å². The minimum atomic E-state index is -4.16. The Balaban J connectivity index is 1.69. The van der Waals surface area contributed by atoms with Crippen LogP contribution in [0.15, 0.2) is 94.7 Å². The van der Waals surface area contributed by atoms with Gasteiger partial charge in [-0.25, -0.2) is 25.3 Å². The lowest BCUT2D eigenvalue weighted by molar-refractivity contribution is -0.120. The number of sulfonamides is 3. The SMILES string of the molecule is CN(c1cccc(NC(=O)[C@@H]2CN(S(=O)(=O)c3ccccc3)CCN2S(=O)(=O)c2ccccc2)c1)S(C)(=O)=O. The summed E-state index contributed by atoms with van der Waals surface area (Å²) < 4.78 is 80.7. The van der Waals surface area contributed by atoms with Crippen LogP contribution < -0.4 is 9.62 Å². The van der Waals surface area contributed by atoms with Gasteiger partial charge in [0, 0.05) is 32.4 Å². The van der Waals surface area contributed by atoms with Crippen molar-refractivity contribution in [1.82, 2.24) is 8.61 Å². The van der Waals surface area contributed by atoms with E-state index < -0.39 is 48.6 Å². The van der Waals surface area contributed by atoms with Gasteiger partial charge < -0.3 is 5.32 Å². The molecule has 1 atom stereocenters. The minimum Gasteiger partial charge on any atom is -0.325 e. The van der Waals surface area contributed by atoms with E-state index in [-0.39, 0.29) is 34.3 Å². The fourth-order valence-corrected chi connectivity index (χ4v) is 7.67. The largest absolute Gasteiger partial charge is 0.325 e. The van der Waals surface area contributed by atoms with Crippen molar-refractivity contribution in [3.05, 3.63) is 84.9 Å². The Bertz CT molecular complexity index is 1660. The van der Waals surface area contributed by atoms with Crippen molar-refractivity contribution in [3.8, 4) is 0 Å². The highest BCUT2D eigenvalue weighted by molar-refractivity contribution is 7.92. The Kier molecular flexibility index (Phi) is 8.14. The van der Waals surface area contributed by atoms with Crippen LogP contribution in [0.5, 0.6) is 0 Å². The molecule has 1 amide bonds. The summed E-state index contributed by atoms with van der Waals surface area (Å²) in [6.45, 7) is -0.821. The van der Waals surface area contributed by atoms with E-state index in [9.17, 15) is 30.0 Å². The molecule has 3 aromatic rings. The van der Waals surface area contributed by atoms with Crippen LogP contribution in [0.1, 0.15) is 0 Å². The first-order valence-corrected chi connectivity index (χ1v) is 16.5. The summed E-state index contributed by atoms with van der Waals surface area (Å²) >= 11 is 0. The van der Waals surface area contributed by atoms with Gasteiger partial charge in [-0.05, 0) is 42.5 Å². The number of carbonyl (C=O) groups is 1. The zero-order valence-electron chi connectivity index (χ0n) is 21.2. The molecule has 1 N–H and O–H groups in total. The predicted molar refractivity (Wildman–Crippen MR) is 148 cm³/mol. The van der Waals surface area contributed by atoms with Crippen molar-refractivity contribution in [2.24, 2.45) is 0 Å². The standard InChI is InChI=1S/C25H28N4O7S3/c1-27(37(2,31)32)21-11-9-10-20(18-21)26-25(30)24-19-28(38(33,34)22-12-5-3-6-13-22)16-17-29(24)39(35,36)23-14-7-4-8-15-23/h3-15,18,24H,16-17,19H2,1-2H3,(H,26,30)/t24-/m0/s1. The predicted octanol–water partition coefficient (Wildman–Crippen LogP) is 1.78. The van der Waals surface area contributed by atoms with Crippen molar-refractivity contribution >= 4 is 47.4 Å². The first-order chi connectivity index (χ1) is 18.3. The van der Waals surface area contributed by atoms with Crippen LogP contribution in [0.3, 0.4) is 0 Å². The highest BCUT2D eigenvalue weighted by Crippen LogP contribution is 2.27. The smallest absolute Gasteiger partial charge is 0.244 e. The van der Waals surface area contributed by atoms with Crippen LogP contribution in [0.2, 0.25) is 0 Å². The molecule has 0 spiro atoms. The molecule has 14 heteroatoms. The van der Waals surface area contributed by atoms with Gasteiger partial charge >= 0.3 is 0 Å². The molecule has 1 aliphatic rings. The highest BCUT2D eigenvalue weighted by Gasteiger charge is 2.43. The molecule has 4 rings (SSSR count). The van der Waals surface area contributed by atoms with Gasteiger partial charge in [-0.3, -0.25) is 9.10 Å². The van der Waals surface area contributed by atoms with Crippen molar-refractivity contribution in [2.45, 2.75) is 15.8 Å². The van der Waals surface area contributed by atoms with E-state index in [4.69, 9.17) is 0 Å². The molecule has 1 saturated heterocycles. The normalized spacial score (nSPS) is 17.4. The van der Waals surface area contributed by atoms with Gasteiger partial charge in [-0.2, -0.15) is 8.61 Å². The zero-order chi connectivity index (χ0) is 28.4. The Hall–Kier alpha value is -3.30. The average molecular weight is 593 g/mol. The van der Waals surface area contributed by atoms with Crippen LogP contribution >= 0.6 is 0 Å². The molecule has 39 heavy (non-hydrogen) atoms. The fraction of sp³-hybridized carbons (Fsp3) is 0.240. The number of hydrogen-bond acceptors (Lipinski definition) is 7. The molecule has 0 unspecified atom stereocenters. The lowest BCUT2D eigenvalue weighted by Gasteiger charge is -2.39. The topological polar surface area (TPSA) is 141 Å². The van der Waals surface area contributed by atoms with Gasteiger partial charge in [0.15, 0.2) is 0 Å². The van der Waals surface area contributed by atoms with Crippen LogP contribution in [-0.4, -0.2) is 78.8 Å². The van der Waals surface area contributed by atoms with Gasteiger partial charge in [-0.15, -0.1) is 0 Å². The van der Waals surface area contributed by atoms with Gasteiger partial charge in [0.25, 0.3) is 0 Å². The third-order valence-electron chi connectivity index (χ3n) is 6.30. The highest BCUT2D eigenvalue weighted by atomic mass is 32.2. The van der Waals surface area contributed by atoms with Crippen molar-refractivity contribution in [2.75, 3.05) is 42.6 Å². The van der Waals surface area contributed by atoms with Crippen LogP contribution in [0.25, 0.3) is 0 Å². The van der Waals surface area contributed by atoms with Crippen LogP contribution in [-0.2, 0) is 34.9 Å². The fourth-order valence-electron chi connectivity index (χ4n) is 4.13. The second kappa shape index (κ2) is 11.1. The number of carbonyl (C=O) groups excluding carboxylic acids is 1. The molecule has 0 radical (unpaired) electrons. The maximum absolute atomic E-state index is 13.6. The number of piperazine rings is 1. The molecule has 1 heterocycles. The number of anilines is 2. The van der Waals surface area contributed by atoms with Crippen LogP contribution in [0, 0.1) is 0 Å². The Morgan fingerprint density at radius 1 is 0.795 bits per heavy atom. The first-order valence-electron chi connectivity index (χ1n) is 11.8. The van der Waals surface area contributed by atoms with Gasteiger partial charge in [-0.1, -0.05) is 42.5 Å². The Morgan fingerprint density at radius 3 is 1.92 bits per heavy atom. The lowest BCUT2D eigenvalue weighted by atomic mass is 10.2. The molecular formula is C25H28N4O7S3. The quantitative estimate of drug-likeness (QED) is 0.420. The number of amides is 1. The third kappa shape index (κ3) is 6.15. The Labute approximate surface area is 228 Å². The van der Waals surface area contributed by atoms with Crippen molar-refractivity contribution in [3.63, 3.8) is 0 Å². The second-order valence-electron chi connectivity index (χ2n) is 8.89. The molecule has 11 nitrogen and oxygen atoms in total. The molecule has 1 aliphatic heterocycles. The van der Waals surface area contributed by atoms with E-state index >= 15 is 0 Å². The Morgan fingerprint density at radius 2 is 1.36 bits per heavy atom. The van der Waals surface area contributed by atoms with E-state index in [0.29, 0.717) is 0 Å². The molecule has 208 valence electrons. The summed E-state index contributed by atoms with van der Waals surface area (Å²) in [4.78, 5) is 13.6. The maximum Gasteiger partial charge on any atom is 0.244 e. The third-order valence-corrected chi connectivity index (χ3v) is 11.3. The average Bonchev–Trinajstić information content (AvgIpc) is 2.93. The minimum absolute atomic E-state index is 0.0278. The summed E-state index contributed by atoms with van der Waals surface area (Å²) in [5.74, 6) is -0.762. The van der Waals surface area contributed by atoms with Gasteiger partial charge in [0.2, 0.25) is 36.0 Å². The number of nitrogens with one attached hydrogen (secondary N) is 1. The van der Waals surface area contributed by atoms with Crippen molar-refractivity contribution < 1.29 is 30.0 Å². The molecular weight excluding hydrogens is 564 g/mol. The molecule has 0 aliphatic carbocycles. The van der Waals surface area contributed by atoms with E-state index in [1.54, 1.807) is 36.4 Å². The number of rotatable bonds is 8. The van der Waals surface area contributed by atoms with Gasteiger partial charge in [0.1, 0.15) is 6.04 Å². The number of benzene rings is 3. The molecule has 0 aromatic heterocycles. The number of nitrogens with zero attached hydrogens (tertiary/aromatic N) is 3. The van der Waals surface area contributed by atoms with E-state index in [2.05, 4.69) is 5.32 Å². The second-order valence-corrected chi connectivity index (χ2v) is 14.7. The van der Waals surface area contributed by atoms with E-state index in [1.807, 2.05) is 0 Å². The monoisotopic (exact) mass is 592 g/mol. The summed E-state index contributed by atoms with van der Waals surface area (Å²) in [5, 5.41) is 2.64.